The highest BCUT2D eigenvalue weighted by molar-refractivity contribution is 5.28. The molecule has 0 amide bonds. The molecule has 1 aromatic carbocycles. The Bertz CT molecular complexity index is 562. The standard InChI is InChI=1S/C12H12F3N3O/c1-2-3-18-10(6-16-17-18)12(19)11-8(14)4-7(13)5-9(11)15/h4-6,12,19H,2-3H2,1H3. The molecular formula is C12H12F3N3O. The largest absolute Gasteiger partial charge is 0.382 e. The van der Waals surface area contributed by atoms with Gasteiger partial charge in [0.1, 0.15) is 23.6 Å². The molecule has 4 nitrogen and oxygen atoms in total. The lowest BCUT2D eigenvalue weighted by atomic mass is 10.1. The number of nitrogens with zero attached hydrogens (tertiary/aromatic N) is 3. The van der Waals surface area contributed by atoms with E-state index in [1.54, 1.807) is 0 Å². The highest BCUT2D eigenvalue weighted by Gasteiger charge is 2.24. The minimum Gasteiger partial charge on any atom is -0.382 e. The second-order valence-electron chi connectivity index (χ2n) is 4.07. The van der Waals surface area contributed by atoms with E-state index in [-0.39, 0.29) is 5.69 Å². The van der Waals surface area contributed by atoms with Gasteiger partial charge in [-0.15, -0.1) is 5.10 Å². The Morgan fingerprint density at radius 2 is 1.89 bits per heavy atom. The molecule has 2 aromatic rings. The van der Waals surface area contributed by atoms with Gasteiger partial charge in [0.25, 0.3) is 0 Å². The number of aryl methyl sites for hydroxylation is 1. The van der Waals surface area contributed by atoms with Gasteiger partial charge in [0.05, 0.1) is 17.5 Å². The first kappa shape index (κ1) is 13.5. The Hall–Kier alpha value is -1.89. The molecule has 0 bridgehead atoms. The zero-order valence-corrected chi connectivity index (χ0v) is 10.1. The van der Waals surface area contributed by atoms with Gasteiger partial charge in [-0.1, -0.05) is 12.1 Å². The molecule has 0 saturated heterocycles. The molecule has 102 valence electrons. The number of aliphatic hydroxyl groups excluding tert-OH is 1. The van der Waals surface area contributed by atoms with Crippen LogP contribution in [0.15, 0.2) is 18.3 Å². The number of aromatic nitrogens is 3. The topological polar surface area (TPSA) is 50.9 Å². The SMILES string of the molecule is CCCn1nncc1C(O)c1c(F)cc(F)cc1F. The van der Waals surface area contributed by atoms with E-state index in [1.165, 1.54) is 10.9 Å². The number of halogens is 3. The van der Waals surface area contributed by atoms with Crippen molar-refractivity contribution < 1.29 is 18.3 Å². The number of aliphatic hydroxyl groups is 1. The Morgan fingerprint density at radius 1 is 1.26 bits per heavy atom. The molecule has 1 aromatic heterocycles. The Balaban J connectivity index is 2.44. The summed E-state index contributed by atoms with van der Waals surface area (Å²) in [6, 6.07) is 1.05. The summed E-state index contributed by atoms with van der Waals surface area (Å²) in [5.74, 6) is -3.32. The van der Waals surface area contributed by atoms with Crippen LogP contribution >= 0.6 is 0 Å². The molecule has 2 rings (SSSR count). The van der Waals surface area contributed by atoms with Crippen molar-refractivity contribution >= 4 is 0 Å². The maximum Gasteiger partial charge on any atom is 0.135 e. The quantitative estimate of drug-likeness (QED) is 0.927. The molecule has 7 heteroatoms. The second-order valence-corrected chi connectivity index (χ2v) is 4.07. The van der Waals surface area contributed by atoms with Gasteiger partial charge in [0.2, 0.25) is 0 Å². The van der Waals surface area contributed by atoms with Gasteiger partial charge in [-0.3, -0.25) is 0 Å². The monoisotopic (exact) mass is 271 g/mol. The summed E-state index contributed by atoms with van der Waals surface area (Å²) in [5, 5.41) is 17.4. The molecule has 0 aliphatic heterocycles. The fraction of sp³-hybridized carbons (Fsp3) is 0.333. The lowest BCUT2D eigenvalue weighted by Crippen LogP contribution is -2.13. The van der Waals surface area contributed by atoms with Crippen LogP contribution in [0.25, 0.3) is 0 Å². The second kappa shape index (κ2) is 5.40. The van der Waals surface area contributed by atoms with Crippen LogP contribution in [0, 0.1) is 17.5 Å². The first-order valence-corrected chi connectivity index (χ1v) is 5.75. The summed E-state index contributed by atoms with van der Waals surface area (Å²) in [6.45, 7) is 2.34. The normalized spacial score (nSPS) is 12.7. The molecule has 0 radical (unpaired) electrons. The predicted molar refractivity (Wildman–Crippen MR) is 60.7 cm³/mol. The highest BCUT2D eigenvalue weighted by atomic mass is 19.1. The molecule has 1 heterocycles. The highest BCUT2D eigenvalue weighted by Crippen LogP contribution is 2.27. The van der Waals surface area contributed by atoms with Crippen molar-refractivity contribution in [3.63, 3.8) is 0 Å². The minimum absolute atomic E-state index is 0.159. The Kier molecular flexibility index (Phi) is 3.84. The summed E-state index contributed by atoms with van der Waals surface area (Å²) >= 11 is 0. The van der Waals surface area contributed by atoms with Crippen molar-refractivity contribution in [1.29, 1.82) is 0 Å². The third-order valence-electron chi connectivity index (χ3n) is 2.68. The number of rotatable bonds is 4. The van der Waals surface area contributed by atoms with E-state index in [4.69, 9.17) is 0 Å². The molecule has 0 aliphatic rings. The lowest BCUT2D eigenvalue weighted by molar-refractivity contribution is 0.196. The van der Waals surface area contributed by atoms with Crippen LogP contribution in [0.2, 0.25) is 0 Å². The van der Waals surface area contributed by atoms with Crippen LogP contribution in [-0.4, -0.2) is 20.1 Å². The van der Waals surface area contributed by atoms with E-state index in [2.05, 4.69) is 10.3 Å². The van der Waals surface area contributed by atoms with Gasteiger partial charge in [0, 0.05) is 18.7 Å². The summed E-state index contributed by atoms with van der Waals surface area (Å²) in [6.07, 6.45) is 0.363. The van der Waals surface area contributed by atoms with Crippen molar-refractivity contribution in [3.8, 4) is 0 Å². The molecule has 1 atom stereocenters. The van der Waals surface area contributed by atoms with Gasteiger partial charge in [-0.25, -0.2) is 17.9 Å². The fourth-order valence-corrected chi connectivity index (χ4v) is 1.83. The van der Waals surface area contributed by atoms with E-state index >= 15 is 0 Å². The average molecular weight is 271 g/mol. The van der Waals surface area contributed by atoms with Gasteiger partial charge in [0.15, 0.2) is 0 Å². The smallest absolute Gasteiger partial charge is 0.135 e. The van der Waals surface area contributed by atoms with E-state index in [9.17, 15) is 18.3 Å². The van der Waals surface area contributed by atoms with Crippen molar-refractivity contribution in [2.75, 3.05) is 0 Å². The van der Waals surface area contributed by atoms with Crippen LogP contribution in [0.5, 0.6) is 0 Å². The number of benzene rings is 1. The molecule has 19 heavy (non-hydrogen) atoms. The molecule has 0 saturated carbocycles. The Morgan fingerprint density at radius 3 is 2.47 bits per heavy atom. The summed E-state index contributed by atoms with van der Waals surface area (Å²) in [5.41, 5.74) is -0.452. The fourth-order valence-electron chi connectivity index (χ4n) is 1.83. The number of hydrogen-bond donors (Lipinski definition) is 1. The zero-order chi connectivity index (χ0) is 14.0. The van der Waals surface area contributed by atoms with Crippen LogP contribution in [0.3, 0.4) is 0 Å². The van der Waals surface area contributed by atoms with E-state index in [0.29, 0.717) is 18.7 Å². The van der Waals surface area contributed by atoms with Gasteiger partial charge in [-0.05, 0) is 6.42 Å². The van der Waals surface area contributed by atoms with Crippen LogP contribution in [-0.2, 0) is 6.54 Å². The van der Waals surface area contributed by atoms with Crippen LogP contribution in [0.4, 0.5) is 13.2 Å². The average Bonchev–Trinajstić information content (AvgIpc) is 2.76. The van der Waals surface area contributed by atoms with Gasteiger partial charge < -0.3 is 5.11 Å². The van der Waals surface area contributed by atoms with Crippen molar-refractivity contribution in [2.45, 2.75) is 26.0 Å². The number of hydrogen-bond acceptors (Lipinski definition) is 3. The first-order valence-electron chi connectivity index (χ1n) is 5.75. The minimum atomic E-state index is -1.58. The molecule has 0 aliphatic carbocycles. The van der Waals surface area contributed by atoms with Crippen molar-refractivity contribution in [1.82, 2.24) is 15.0 Å². The zero-order valence-electron chi connectivity index (χ0n) is 10.1. The van der Waals surface area contributed by atoms with Gasteiger partial charge in [-0.2, -0.15) is 0 Å². The maximum atomic E-state index is 13.6. The van der Waals surface area contributed by atoms with E-state index in [1.807, 2.05) is 6.92 Å². The third-order valence-corrected chi connectivity index (χ3v) is 2.68. The Labute approximate surface area is 107 Å². The van der Waals surface area contributed by atoms with Crippen LogP contribution < -0.4 is 0 Å². The summed E-state index contributed by atoms with van der Waals surface area (Å²) in [7, 11) is 0. The summed E-state index contributed by atoms with van der Waals surface area (Å²) < 4.78 is 41.3. The first-order chi connectivity index (χ1) is 9.04. The third kappa shape index (κ3) is 2.60. The van der Waals surface area contributed by atoms with Gasteiger partial charge >= 0.3 is 0 Å². The van der Waals surface area contributed by atoms with E-state index < -0.39 is 29.1 Å². The molecule has 0 fully saturated rings. The molecular weight excluding hydrogens is 259 g/mol. The van der Waals surface area contributed by atoms with Crippen LogP contribution in [0.1, 0.15) is 30.7 Å². The lowest BCUT2D eigenvalue weighted by Gasteiger charge is -2.14. The van der Waals surface area contributed by atoms with Crippen molar-refractivity contribution in [2.24, 2.45) is 0 Å². The molecule has 1 unspecified atom stereocenters. The maximum absolute atomic E-state index is 13.6. The van der Waals surface area contributed by atoms with Crippen molar-refractivity contribution in [3.05, 3.63) is 47.0 Å². The molecule has 0 spiro atoms. The van der Waals surface area contributed by atoms with E-state index in [0.717, 1.165) is 6.42 Å². The predicted octanol–water partition coefficient (Wildman–Crippen LogP) is 2.19. The molecule has 1 N–H and O–H groups in total. The summed E-state index contributed by atoms with van der Waals surface area (Å²) in [4.78, 5) is 0.